The molecule has 0 amide bonds. The molecule has 0 saturated carbocycles. The molecule has 0 aliphatic carbocycles. The van der Waals surface area contributed by atoms with Crippen molar-refractivity contribution in [1.29, 1.82) is 0 Å². The highest BCUT2D eigenvalue weighted by Crippen LogP contribution is 2.38. The van der Waals surface area contributed by atoms with Gasteiger partial charge in [-0.3, -0.25) is 0 Å². The second-order valence-electron chi connectivity index (χ2n) is 7.83. The molecule has 0 atom stereocenters. The summed E-state index contributed by atoms with van der Waals surface area (Å²) in [6, 6.07) is 12.8. The number of hydrogen-bond acceptors (Lipinski definition) is 3. The highest BCUT2D eigenvalue weighted by molar-refractivity contribution is 6.74. The summed E-state index contributed by atoms with van der Waals surface area (Å²) in [6.07, 6.45) is 1.55. The fraction of sp³-hybridized carbons (Fsp3) is 0.333. The third-order valence-electron chi connectivity index (χ3n) is 4.62. The summed E-state index contributed by atoms with van der Waals surface area (Å²) in [7, 11) is -1.87. The summed E-state index contributed by atoms with van der Waals surface area (Å²) in [5.74, 6) is 2.66. The molecule has 2 rings (SSSR count). The summed E-state index contributed by atoms with van der Waals surface area (Å²) < 4.78 is 17.8. The maximum Gasteiger partial charge on any atom is 0.250 e. The van der Waals surface area contributed by atoms with Gasteiger partial charge in [0.05, 0.1) is 5.02 Å². The van der Waals surface area contributed by atoms with Gasteiger partial charge in [0.1, 0.15) is 34.1 Å². The van der Waals surface area contributed by atoms with Gasteiger partial charge in [-0.25, -0.2) is 0 Å². The van der Waals surface area contributed by atoms with Gasteiger partial charge in [0, 0.05) is 6.07 Å². The monoisotopic (exact) mass is 458 g/mol. The Labute approximate surface area is 183 Å². The van der Waals surface area contributed by atoms with E-state index in [2.05, 4.69) is 33.9 Å². The van der Waals surface area contributed by atoms with Crippen molar-refractivity contribution in [2.45, 2.75) is 38.9 Å². The van der Waals surface area contributed by atoms with Crippen LogP contribution in [0, 0.1) is 0 Å². The van der Waals surface area contributed by atoms with Crippen molar-refractivity contribution in [3.63, 3.8) is 0 Å². The first-order valence-electron chi connectivity index (χ1n) is 8.88. The Kier molecular flexibility index (Phi) is 7.74. The van der Waals surface area contributed by atoms with Crippen molar-refractivity contribution in [2.75, 3.05) is 6.61 Å². The van der Waals surface area contributed by atoms with E-state index >= 15 is 0 Å². The summed E-state index contributed by atoms with van der Waals surface area (Å²) in [4.78, 5) is 0. The lowest BCUT2D eigenvalue weighted by Crippen LogP contribution is -2.43. The van der Waals surface area contributed by atoms with E-state index in [4.69, 9.17) is 48.7 Å². The summed E-state index contributed by atoms with van der Waals surface area (Å²) in [6.45, 7) is 11.3. The molecule has 0 bridgehead atoms. The molecular weight excluding hydrogens is 435 g/mol. The minimum Gasteiger partial charge on any atom is -0.543 e. The molecule has 152 valence electrons. The number of ether oxygens (including phenoxy) is 2. The minimum absolute atomic E-state index is 0.143. The van der Waals surface area contributed by atoms with Crippen molar-refractivity contribution in [1.82, 2.24) is 0 Å². The van der Waals surface area contributed by atoms with E-state index in [0.29, 0.717) is 22.3 Å². The Morgan fingerprint density at radius 3 is 2.07 bits per heavy atom. The van der Waals surface area contributed by atoms with Crippen molar-refractivity contribution in [3.8, 4) is 23.0 Å². The average molecular weight is 460 g/mol. The van der Waals surface area contributed by atoms with Crippen LogP contribution in [0.5, 0.6) is 23.0 Å². The van der Waals surface area contributed by atoms with Gasteiger partial charge in [0.25, 0.3) is 0 Å². The fourth-order valence-corrected chi connectivity index (χ4v) is 3.37. The maximum absolute atomic E-state index is 6.30. The molecule has 0 spiro atoms. The van der Waals surface area contributed by atoms with Crippen molar-refractivity contribution < 1.29 is 13.9 Å². The molecule has 0 N–H and O–H groups in total. The Morgan fingerprint density at radius 1 is 0.964 bits per heavy atom. The Bertz CT molecular complexity index is 824. The SMILES string of the molecule is CC(C)(C)[Si](C)(C)Oc1ccc(Oc2ccc(OCC=C(Cl)Cl)cc2Cl)cc1. The van der Waals surface area contributed by atoms with E-state index in [0.717, 1.165) is 5.75 Å². The second-order valence-corrected chi connectivity index (χ2v) is 14.0. The molecule has 0 fully saturated rings. The van der Waals surface area contributed by atoms with Gasteiger partial charge in [-0.1, -0.05) is 55.6 Å². The smallest absolute Gasteiger partial charge is 0.250 e. The first-order chi connectivity index (χ1) is 13.0. The van der Waals surface area contributed by atoms with Crippen molar-refractivity contribution in [2.24, 2.45) is 0 Å². The largest absolute Gasteiger partial charge is 0.543 e. The lowest BCUT2D eigenvalue weighted by atomic mass is 10.2. The zero-order valence-corrected chi connectivity index (χ0v) is 20.0. The van der Waals surface area contributed by atoms with Crippen LogP contribution in [0.4, 0.5) is 0 Å². The predicted molar refractivity (Wildman–Crippen MR) is 121 cm³/mol. The minimum atomic E-state index is -1.87. The van der Waals surface area contributed by atoms with Gasteiger partial charge >= 0.3 is 0 Å². The van der Waals surface area contributed by atoms with Crippen LogP contribution in [-0.4, -0.2) is 14.9 Å². The van der Waals surface area contributed by atoms with Crippen LogP contribution in [0.1, 0.15) is 20.8 Å². The van der Waals surface area contributed by atoms with Crippen molar-refractivity contribution in [3.05, 3.63) is 58.1 Å². The van der Waals surface area contributed by atoms with E-state index in [1.165, 1.54) is 0 Å². The van der Waals surface area contributed by atoms with Gasteiger partial charge < -0.3 is 13.9 Å². The molecule has 3 nitrogen and oxygen atoms in total. The number of hydrogen-bond donors (Lipinski definition) is 0. The zero-order chi connectivity index (χ0) is 20.9. The van der Waals surface area contributed by atoms with E-state index in [1.54, 1.807) is 24.3 Å². The predicted octanol–water partition coefficient (Wildman–Crippen LogP) is 8.21. The molecule has 0 unspecified atom stereocenters. The number of rotatable bonds is 7. The molecule has 0 radical (unpaired) electrons. The second kappa shape index (κ2) is 9.44. The maximum atomic E-state index is 6.30. The number of benzene rings is 2. The molecule has 28 heavy (non-hydrogen) atoms. The third-order valence-corrected chi connectivity index (χ3v) is 9.58. The molecule has 0 aliphatic rings. The van der Waals surface area contributed by atoms with Crippen LogP contribution >= 0.6 is 34.8 Å². The molecule has 7 heteroatoms. The molecule has 2 aromatic carbocycles. The molecule has 0 aliphatic heterocycles. The highest BCUT2D eigenvalue weighted by Gasteiger charge is 2.38. The van der Waals surface area contributed by atoms with Crippen LogP contribution in [0.15, 0.2) is 53.0 Å². The third kappa shape index (κ3) is 6.63. The average Bonchev–Trinajstić information content (AvgIpc) is 2.57. The van der Waals surface area contributed by atoms with Crippen LogP contribution in [0.2, 0.25) is 23.2 Å². The van der Waals surface area contributed by atoms with Gasteiger partial charge in [-0.2, -0.15) is 0 Å². The quantitative estimate of drug-likeness (QED) is 0.390. The Balaban J connectivity index is 2.03. The normalized spacial score (nSPS) is 11.7. The summed E-state index contributed by atoms with van der Waals surface area (Å²) in [5, 5.41) is 0.588. The zero-order valence-electron chi connectivity index (χ0n) is 16.7. The van der Waals surface area contributed by atoms with E-state index in [-0.39, 0.29) is 16.1 Å². The fourth-order valence-electron chi connectivity index (χ4n) is 2.01. The lowest BCUT2D eigenvalue weighted by molar-refractivity contribution is 0.362. The highest BCUT2D eigenvalue weighted by atomic mass is 35.5. The molecule has 0 heterocycles. The Hall–Kier alpha value is -1.33. The van der Waals surface area contributed by atoms with Gasteiger partial charge in [-0.05, 0) is 60.6 Å². The summed E-state index contributed by atoms with van der Waals surface area (Å²) >= 11 is 17.4. The molecular formula is C21H25Cl3O3Si. The molecule has 0 saturated heterocycles. The van der Waals surface area contributed by atoms with Crippen molar-refractivity contribution >= 4 is 43.1 Å². The topological polar surface area (TPSA) is 27.7 Å². The van der Waals surface area contributed by atoms with E-state index < -0.39 is 8.32 Å². The van der Waals surface area contributed by atoms with Crippen LogP contribution in [0.3, 0.4) is 0 Å². The van der Waals surface area contributed by atoms with E-state index in [9.17, 15) is 0 Å². The summed E-state index contributed by atoms with van der Waals surface area (Å²) in [5.41, 5.74) is 0. The Morgan fingerprint density at radius 2 is 1.54 bits per heavy atom. The van der Waals surface area contributed by atoms with Gasteiger partial charge in [0.2, 0.25) is 8.32 Å². The first kappa shape index (κ1) is 23.0. The molecule has 2 aromatic rings. The van der Waals surface area contributed by atoms with Gasteiger partial charge in [-0.15, -0.1) is 0 Å². The van der Waals surface area contributed by atoms with Gasteiger partial charge in [0.15, 0.2) is 0 Å². The lowest BCUT2D eigenvalue weighted by Gasteiger charge is -2.36. The standard InChI is InChI=1S/C21H25Cl3O3Si/c1-21(2,3)28(4,5)27-16-8-6-15(7-9-16)26-19-11-10-17(14-18(19)22)25-13-12-20(23)24/h6-12,14H,13H2,1-5H3. The van der Waals surface area contributed by atoms with Crippen LogP contribution < -0.4 is 13.9 Å². The van der Waals surface area contributed by atoms with Crippen LogP contribution in [-0.2, 0) is 0 Å². The molecule has 0 aromatic heterocycles. The van der Waals surface area contributed by atoms with Crippen LogP contribution in [0.25, 0.3) is 0 Å². The first-order valence-corrected chi connectivity index (χ1v) is 12.9. The number of halogens is 3. The van der Waals surface area contributed by atoms with E-state index in [1.807, 2.05) is 24.3 Å².